The summed E-state index contributed by atoms with van der Waals surface area (Å²) in [6.45, 7) is 8.12. The van der Waals surface area contributed by atoms with Crippen molar-refractivity contribution in [1.82, 2.24) is 45.9 Å². The Balaban J connectivity index is 1.72. The summed E-state index contributed by atoms with van der Waals surface area (Å²) in [6, 6.07) is 8.35. The number of rotatable bonds is 6. The van der Waals surface area contributed by atoms with Gasteiger partial charge in [-0.1, -0.05) is 19.9 Å². The zero-order valence-electron chi connectivity index (χ0n) is 17.9. The summed E-state index contributed by atoms with van der Waals surface area (Å²) in [5, 5.41) is 31.7. The van der Waals surface area contributed by atoms with Crippen molar-refractivity contribution in [2.45, 2.75) is 46.7 Å². The van der Waals surface area contributed by atoms with E-state index in [1.807, 2.05) is 12.1 Å². The molecule has 9 heteroatoms. The summed E-state index contributed by atoms with van der Waals surface area (Å²) in [5.41, 5.74) is 8.63. The number of aromatic nitrogens is 8. The molecule has 0 amide bonds. The molecule has 0 atom stereocenters. The fourth-order valence-corrected chi connectivity index (χ4v) is 4.32. The lowest BCUT2D eigenvalue weighted by Crippen LogP contribution is -2.13. The van der Waals surface area contributed by atoms with E-state index in [0.717, 1.165) is 53.4 Å². The van der Waals surface area contributed by atoms with Crippen LogP contribution in [0.3, 0.4) is 0 Å². The molecule has 5 rings (SSSR count). The van der Waals surface area contributed by atoms with Gasteiger partial charge in [-0.05, 0) is 53.8 Å². The Morgan fingerprint density at radius 3 is 2.81 bits per heavy atom. The van der Waals surface area contributed by atoms with Crippen LogP contribution in [0.25, 0.3) is 17.1 Å². The van der Waals surface area contributed by atoms with E-state index in [1.165, 1.54) is 11.1 Å². The molecule has 1 aliphatic rings. The molecular formula is C22H25N9. The van der Waals surface area contributed by atoms with Crippen molar-refractivity contribution in [2.75, 3.05) is 0 Å². The molecule has 1 aromatic carbocycles. The van der Waals surface area contributed by atoms with Gasteiger partial charge >= 0.3 is 0 Å². The van der Waals surface area contributed by atoms with E-state index >= 15 is 0 Å². The molecule has 9 nitrogen and oxygen atoms in total. The van der Waals surface area contributed by atoms with Gasteiger partial charge in [0.15, 0.2) is 0 Å². The van der Waals surface area contributed by atoms with Crippen molar-refractivity contribution >= 4 is 0 Å². The third-order valence-electron chi connectivity index (χ3n) is 5.56. The van der Waals surface area contributed by atoms with Gasteiger partial charge in [0.1, 0.15) is 0 Å². The van der Waals surface area contributed by atoms with Crippen molar-refractivity contribution in [3.05, 3.63) is 64.2 Å². The van der Waals surface area contributed by atoms with Crippen LogP contribution in [0, 0.1) is 12.8 Å². The van der Waals surface area contributed by atoms with Crippen LogP contribution in [0.15, 0.2) is 30.5 Å². The van der Waals surface area contributed by atoms with Crippen LogP contribution in [-0.2, 0) is 25.9 Å². The van der Waals surface area contributed by atoms with Gasteiger partial charge in [0.25, 0.3) is 0 Å². The molecule has 1 aliphatic heterocycles. The molecule has 0 saturated carbocycles. The van der Waals surface area contributed by atoms with Gasteiger partial charge < -0.3 is 5.32 Å². The SMILES string of the molecule is Cc1cc(CC(C)C)cc(-n2nc3c(c2Cc2cccnn2)CNC3)c1-c1nn[nH]n1. The van der Waals surface area contributed by atoms with Crippen LogP contribution in [0.5, 0.6) is 0 Å². The number of benzene rings is 1. The van der Waals surface area contributed by atoms with Crippen LogP contribution in [0.2, 0.25) is 0 Å². The van der Waals surface area contributed by atoms with Crippen LogP contribution >= 0.6 is 0 Å². The maximum absolute atomic E-state index is 5.01. The minimum absolute atomic E-state index is 0.550. The zero-order chi connectivity index (χ0) is 21.4. The van der Waals surface area contributed by atoms with Gasteiger partial charge in [0.05, 0.1) is 28.3 Å². The lowest BCUT2D eigenvalue weighted by molar-refractivity contribution is 0.645. The molecule has 2 N–H and O–H groups in total. The highest BCUT2D eigenvalue weighted by molar-refractivity contribution is 5.72. The minimum Gasteiger partial charge on any atom is -0.307 e. The van der Waals surface area contributed by atoms with Crippen LogP contribution in [0.4, 0.5) is 0 Å². The van der Waals surface area contributed by atoms with Crippen molar-refractivity contribution in [3.8, 4) is 17.1 Å². The number of fused-ring (bicyclic) bond motifs is 1. The predicted octanol–water partition coefficient (Wildman–Crippen LogP) is 2.54. The summed E-state index contributed by atoms with van der Waals surface area (Å²) in [5.74, 6) is 1.12. The highest BCUT2D eigenvalue weighted by atomic mass is 15.5. The van der Waals surface area contributed by atoms with Crippen molar-refractivity contribution in [3.63, 3.8) is 0 Å². The predicted molar refractivity (Wildman–Crippen MR) is 115 cm³/mol. The van der Waals surface area contributed by atoms with E-state index in [9.17, 15) is 0 Å². The Labute approximate surface area is 180 Å². The first-order valence-electron chi connectivity index (χ1n) is 10.5. The average molecular weight is 416 g/mol. The van der Waals surface area contributed by atoms with Crippen LogP contribution in [-0.4, -0.2) is 40.6 Å². The standard InChI is InChI=1S/C22H25N9/c1-13(2)7-15-8-14(3)21(22-26-29-30-27-22)20(9-15)31-19(10-16-5-4-6-24-25-16)17-11-23-12-18(17)28-31/h4-6,8-9,13,23H,7,10-12H2,1-3H3,(H,26,27,29,30). The van der Waals surface area contributed by atoms with E-state index in [0.29, 0.717) is 18.2 Å². The fraction of sp³-hybridized carbons (Fsp3) is 0.364. The van der Waals surface area contributed by atoms with E-state index in [-0.39, 0.29) is 0 Å². The topological polar surface area (TPSA) is 110 Å². The number of tetrazole rings is 1. The number of aromatic amines is 1. The molecule has 0 aliphatic carbocycles. The van der Waals surface area contributed by atoms with Gasteiger partial charge in [-0.25, -0.2) is 4.68 Å². The second-order valence-electron chi connectivity index (χ2n) is 8.42. The molecule has 158 valence electrons. The average Bonchev–Trinajstić information content (AvgIpc) is 3.47. The van der Waals surface area contributed by atoms with Gasteiger partial charge in [0.2, 0.25) is 5.82 Å². The Kier molecular flexibility index (Phi) is 5.03. The summed E-state index contributed by atoms with van der Waals surface area (Å²) in [6.07, 6.45) is 3.33. The van der Waals surface area contributed by atoms with Gasteiger partial charge in [-0.15, -0.1) is 10.2 Å². The molecule has 31 heavy (non-hydrogen) atoms. The highest BCUT2D eigenvalue weighted by Crippen LogP contribution is 2.33. The van der Waals surface area contributed by atoms with Crippen LogP contribution < -0.4 is 5.32 Å². The smallest absolute Gasteiger partial charge is 0.207 e. The van der Waals surface area contributed by atoms with E-state index < -0.39 is 0 Å². The maximum atomic E-state index is 5.01. The van der Waals surface area contributed by atoms with E-state index in [2.05, 4.69) is 73.7 Å². The molecule has 4 aromatic rings. The Bertz CT molecular complexity index is 1190. The molecule has 0 spiro atoms. The Hall–Kier alpha value is -3.46. The molecule has 3 aromatic heterocycles. The molecule has 4 heterocycles. The minimum atomic E-state index is 0.550. The monoisotopic (exact) mass is 415 g/mol. The van der Waals surface area contributed by atoms with E-state index in [1.54, 1.807) is 6.20 Å². The Morgan fingerprint density at radius 2 is 2.06 bits per heavy atom. The first-order valence-corrected chi connectivity index (χ1v) is 10.5. The lowest BCUT2D eigenvalue weighted by atomic mass is 9.96. The fourth-order valence-electron chi connectivity index (χ4n) is 4.32. The second kappa shape index (κ2) is 7.99. The summed E-state index contributed by atoms with van der Waals surface area (Å²) in [7, 11) is 0. The maximum Gasteiger partial charge on any atom is 0.207 e. The molecule has 0 bridgehead atoms. The van der Waals surface area contributed by atoms with E-state index in [4.69, 9.17) is 5.10 Å². The molecule has 0 saturated heterocycles. The molecular weight excluding hydrogens is 390 g/mol. The number of nitrogens with zero attached hydrogens (tertiary/aromatic N) is 7. The largest absolute Gasteiger partial charge is 0.307 e. The van der Waals surface area contributed by atoms with Crippen molar-refractivity contribution < 1.29 is 0 Å². The molecule has 0 radical (unpaired) electrons. The zero-order valence-corrected chi connectivity index (χ0v) is 17.9. The normalized spacial score (nSPS) is 13.2. The first-order chi connectivity index (χ1) is 15.1. The number of aryl methyl sites for hydroxylation is 1. The third kappa shape index (κ3) is 3.72. The van der Waals surface area contributed by atoms with Crippen molar-refractivity contribution in [2.24, 2.45) is 5.92 Å². The number of hydrogen-bond donors (Lipinski definition) is 2. The quantitative estimate of drug-likeness (QED) is 0.498. The van der Waals surface area contributed by atoms with Gasteiger partial charge in [-0.2, -0.15) is 20.5 Å². The highest BCUT2D eigenvalue weighted by Gasteiger charge is 2.26. The van der Waals surface area contributed by atoms with Crippen molar-refractivity contribution in [1.29, 1.82) is 0 Å². The molecule has 0 unspecified atom stereocenters. The number of H-pyrrole nitrogens is 1. The van der Waals surface area contributed by atoms with Crippen LogP contribution in [0.1, 0.15) is 47.6 Å². The van der Waals surface area contributed by atoms with Gasteiger partial charge in [0, 0.05) is 31.3 Å². The summed E-state index contributed by atoms with van der Waals surface area (Å²) >= 11 is 0. The first kappa shape index (κ1) is 19.5. The summed E-state index contributed by atoms with van der Waals surface area (Å²) < 4.78 is 2.06. The summed E-state index contributed by atoms with van der Waals surface area (Å²) in [4.78, 5) is 0. The molecule has 0 fully saturated rings. The van der Waals surface area contributed by atoms with Gasteiger partial charge in [-0.3, -0.25) is 0 Å². The number of nitrogens with one attached hydrogen (secondary N) is 2. The second-order valence-corrected chi connectivity index (χ2v) is 8.42. The number of hydrogen-bond acceptors (Lipinski definition) is 7. The Morgan fingerprint density at radius 1 is 1.16 bits per heavy atom. The lowest BCUT2D eigenvalue weighted by Gasteiger charge is -2.17. The third-order valence-corrected chi connectivity index (χ3v) is 5.56.